The molecule has 3 aliphatic rings. The van der Waals surface area contributed by atoms with Crippen LogP contribution in [0.5, 0.6) is 17.4 Å². The molecule has 2 N–H and O–H groups in total. The van der Waals surface area contributed by atoms with E-state index in [9.17, 15) is 24.0 Å². The number of carbonyl (C=O) groups is 5. The van der Waals surface area contributed by atoms with E-state index in [0.29, 0.717) is 23.0 Å². The Bertz CT molecular complexity index is 2040. The maximum atomic E-state index is 13.2. The Balaban J connectivity index is 0.941. The van der Waals surface area contributed by atoms with Gasteiger partial charge in [0.25, 0.3) is 11.8 Å². The van der Waals surface area contributed by atoms with E-state index in [1.165, 1.54) is 18.1 Å². The fraction of sp³-hybridized carbons (Fsp3) is 0.325. The molecule has 1 atom stereocenters. The third-order valence-corrected chi connectivity index (χ3v) is 10.5. The van der Waals surface area contributed by atoms with E-state index in [0.717, 1.165) is 36.3 Å². The molecule has 0 spiro atoms. The molecular weight excluding hydrogens is 662 g/mol. The third kappa shape index (κ3) is 6.52. The van der Waals surface area contributed by atoms with Gasteiger partial charge in [0.2, 0.25) is 17.7 Å². The minimum Gasteiger partial charge on any atom is -0.490 e. The van der Waals surface area contributed by atoms with Gasteiger partial charge in [0, 0.05) is 49.4 Å². The van der Waals surface area contributed by atoms with Gasteiger partial charge in [0.1, 0.15) is 29.3 Å². The predicted octanol–water partition coefficient (Wildman–Crippen LogP) is 6.00. The lowest BCUT2D eigenvalue weighted by molar-refractivity contribution is -0.136. The number of fused-ring (bicyclic) bond motifs is 1. The highest BCUT2D eigenvalue weighted by Crippen LogP contribution is 2.41. The Hall–Kier alpha value is -5.91. The van der Waals surface area contributed by atoms with Gasteiger partial charge >= 0.3 is 0 Å². The number of amides is 4. The number of ketones is 1. The van der Waals surface area contributed by atoms with Crippen molar-refractivity contribution < 1.29 is 33.4 Å². The molecule has 266 valence electrons. The van der Waals surface area contributed by atoms with Gasteiger partial charge in [-0.3, -0.25) is 34.2 Å². The zero-order valence-electron chi connectivity index (χ0n) is 29.2. The fourth-order valence-corrected chi connectivity index (χ4v) is 7.38. The molecule has 12 nitrogen and oxygen atoms in total. The molecule has 52 heavy (non-hydrogen) atoms. The average Bonchev–Trinajstić information content (AvgIpc) is 3.37. The second-order valence-corrected chi connectivity index (χ2v) is 13.5. The van der Waals surface area contributed by atoms with Crippen LogP contribution in [0.4, 0.5) is 5.69 Å². The topological polar surface area (TPSA) is 157 Å². The number of aromatic nitrogens is 2. The third-order valence-electron chi connectivity index (χ3n) is 10.5. The Morgan fingerprint density at radius 2 is 1.50 bits per heavy atom. The maximum Gasteiger partial charge on any atom is 0.262 e. The highest BCUT2D eigenvalue weighted by Gasteiger charge is 2.45. The van der Waals surface area contributed by atoms with Gasteiger partial charge in [-0.05, 0) is 78.9 Å². The number of nitrogens with one attached hydrogen (secondary N) is 2. The molecule has 1 unspecified atom stereocenters. The quantitative estimate of drug-likeness (QED) is 0.133. The summed E-state index contributed by atoms with van der Waals surface area (Å²) in [5.74, 6) is -0.491. The molecule has 0 radical (unpaired) electrons. The van der Waals surface area contributed by atoms with Crippen LogP contribution in [0, 0.1) is 0 Å². The number of benzene rings is 3. The van der Waals surface area contributed by atoms with E-state index in [4.69, 9.17) is 9.47 Å². The first-order chi connectivity index (χ1) is 25.1. The normalized spacial score (nSPS) is 19.8. The molecular formula is C40H39N5O7. The number of Topliss-reactive ketones (excluding diaryl/α,β-unsaturated/α-hetero) is 1. The maximum absolute atomic E-state index is 13.2. The summed E-state index contributed by atoms with van der Waals surface area (Å²) < 4.78 is 12.2. The van der Waals surface area contributed by atoms with Crippen molar-refractivity contribution in [2.75, 3.05) is 5.32 Å². The highest BCUT2D eigenvalue weighted by atomic mass is 16.5. The van der Waals surface area contributed by atoms with Crippen molar-refractivity contribution in [3.05, 3.63) is 107 Å². The number of ether oxygens (including phenoxy) is 2. The number of rotatable bonds is 12. The standard InChI is InChI=1S/C40H39N5O7/c1-4-40(5-2,25-8-13-29(14-9-25)52-36-19-16-33(23(3)46)43-44-36)24-6-11-28(12-7-24)51-30-20-27(21-30)41-26-10-15-31-32(22-26)39(50)45(38(31)49)34-17-18-35(47)42-37(34)48/h6-16,19,22,27,30,34,41H,4-5,17-18,20-21H2,1-3H3,(H,42,47,48). The number of anilines is 1. The van der Waals surface area contributed by atoms with E-state index in [1.54, 1.807) is 30.3 Å². The molecule has 12 heteroatoms. The van der Waals surface area contributed by atoms with Crippen LogP contribution >= 0.6 is 0 Å². The Morgan fingerprint density at radius 3 is 2.10 bits per heavy atom. The van der Waals surface area contributed by atoms with E-state index in [2.05, 4.69) is 58.9 Å². The minimum atomic E-state index is -0.992. The van der Waals surface area contributed by atoms with Crippen molar-refractivity contribution in [3.63, 3.8) is 0 Å². The van der Waals surface area contributed by atoms with Crippen molar-refractivity contribution in [2.45, 2.75) is 82.9 Å². The van der Waals surface area contributed by atoms with Crippen LogP contribution < -0.4 is 20.1 Å². The first-order valence-corrected chi connectivity index (χ1v) is 17.6. The molecule has 4 amide bonds. The van der Waals surface area contributed by atoms with Crippen LogP contribution in [0.15, 0.2) is 78.9 Å². The summed E-state index contributed by atoms with van der Waals surface area (Å²) in [5, 5.41) is 13.6. The molecule has 4 aromatic rings. The van der Waals surface area contributed by atoms with Crippen molar-refractivity contribution in [2.24, 2.45) is 0 Å². The number of hydrogen-bond donors (Lipinski definition) is 2. The van der Waals surface area contributed by atoms with Crippen LogP contribution in [-0.4, -0.2) is 62.7 Å². The number of piperidine rings is 1. The van der Waals surface area contributed by atoms with Crippen LogP contribution in [-0.2, 0) is 15.0 Å². The first kappa shape index (κ1) is 34.5. The van der Waals surface area contributed by atoms with Crippen LogP contribution in [0.2, 0.25) is 0 Å². The first-order valence-electron chi connectivity index (χ1n) is 17.6. The van der Waals surface area contributed by atoms with Gasteiger partial charge in [-0.15, -0.1) is 10.2 Å². The lowest BCUT2D eigenvalue weighted by atomic mass is 9.70. The van der Waals surface area contributed by atoms with Crippen molar-refractivity contribution in [1.82, 2.24) is 20.4 Å². The number of hydrogen-bond acceptors (Lipinski definition) is 10. The highest BCUT2D eigenvalue weighted by molar-refractivity contribution is 6.23. The van der Waals surface area contributed by atoms with Gasteiger partial charge in [0.05, 0.1) is 11.1 Å². The molecule has 1 saturated carbocycles. The number of imide groups is 2. The molecule has 2 aliphatic heterocycles. The molecule has 2 fully saturated rings. The predicted molar refractivity (Wildman–Crippen MR) is 191 cm³/mol. The zero-order valence-corrected chi connectivity index (χ0v) is 29.2. The van der Waals surface area contributed by atoms with Crippen LogP contribution in [0.3, 0.4) is 0 Å². The Kier molecular flexibility index (Phi) is 9.31. The van der Waals surface area contributed by atoms with Crippen LogP contribution in [0.1, 0.15) is 102 Å². The van der Waals surface area contributed by atoms with Crippen molar-refractivity contribution >= 4 is 35.1 Å². The largest absolute Gasteiger partial charge is 0.490 e. The lowest BCUT2D eigenvalue weighted by Gasteiger charge is -2.37. The van der Waals surface area contributed by atoms with Crippen LogP contribution in [0.25, 0.3) is 0 Å². The summed E-state index contributed by atoms with van der Waals surface area (Å²) in [5.41, 5.74) is 3.67. The van der Waals surface area contributed by atoms with E-state index in [-0.39, 0.29) is 47.3 Å². The SMILES string of the molecule is CCC(CC)(c1ccc(Oc2ccc(C(C)=O)nn2)cc1)c1ccc(OC2CC(Nc3ccc4c(c3)C(=O)N(C3CCC(=O)NC3=O)C4=O)C2)cc1. The summed E-state index contributed by atoms with van der Waals surface area (Å²) in [6, 6.07) is 23.7. The summed E-state index contributed by atoms with van der Waals surface area (Å²) in [6.45, 7) is 5.82. The van der Waals surface area contributed by atoms with Gasteiger partial charge < -0.3 is 14.8 Å². The molecule has 3 heterocycles. The van der Waals surface area contributed by atoms with E-state index in [1.807, 2.05) is 24.3 Å². The molecule has 3 aromatic carbocycles. The second-order valence-electron chi connectivity index (χ2n) is 13.5. The molecule has 0 bridgehead atoms. The second kappa shape index (κ2) is 14.0. The fourth-order valence-electron chi connectivity index (χ4n) is 7.38. The summed E-state index contributed by atoms with van der Waals surface area (Å²) in [4.78, 5) is 62.6. The van der Waals surface area contributed by atoms with E-state index < -0.39 is 29.7 Å². The molecule has 1 aromatic heterocycles. The summed E-state index contributed by atoms with van der Waals surface area (Å²) in [7, 11) is 0. The monoisotopic (exact) mass is 701 g/mol. The summed E-state index contributed by atoms with van der Waals surface area (Å²) in [6.07, 6.45) is 3.56. The number of nitrogens with zero attached hydrogens (tertiary/aromatic N) is 3. The van der Waals surface area contributed by atoms with Gasteiger partial charge in [-0.25, -0.2) is 0 Å². The molecule has 7 rings (SSSR count). The van der Waals surface area contributed by atoms with Gasteiger partial charge in [0.15, 0.2) is 5.78 Å². The van der Waals surface area contributed by atoms with E-state index >= 15 is 0 Å². The average molecular weight is 702 g/mol. The van der Waals surface area contributed by atoms with Gasteiger partial charge in [-0.1, -0.05) is 38.1 Å². The lowest BCUT2D eigenvalue weighted by Crippen LogP contribution is -2.54. The van der Waals surface area contributed by atoms with Crippen molar-refractivity contribution in [1.29, 1.82) is 0 Å². The van der Waals surface area contributed by atoms with Crippen molar-refractivity contribution in [3.8, 4) is 17.4 Å². The summed E-state index contributed by atoms with van der Waals surface area (Å²) >= 11 is 0. The van der Waals surface area contributed by atoms with Gasteiger partial charge in [-0.2, -0.15) is 0 Å². The molecule has 1 saturated heterocycles. The minimum absolute atomic E-state index is 0.0296. The number of carbonyl (C=O) groups excluding carboxylic acids is 5. The zero-order chi connectivity index (χ0) is 36.6. The smallest absolute Gasteiger partial charge is 0.262 e. The Morgan fingerprint density at radius 1 is 0.846 bits per heavy atom. The Labute approximate surface area is 300 Å². The molecule has 1 aliphatic carbocycles.